The monoisotopic (exact) mass is 265 g/mol. The third-order valence-electron chi connectivity index (χ3n) is 2.33. The lowest BCUT2D eigenvalue weighted by Gasteiger charge is -1.95. The van der Waals surface area contributed by atoms with Crippen molar-refractivity contribution >= 4 is 15.9 Å². The molecular formula is C11H12BrN3. The molecule has 0 saturated heterocycles. The Hall–Kier alpha value is -1.13. The van der Waals surface area contributed by atoms with E-state index in [0.717, 1.165) is 21.4 Å². The molecule has 0 radical (unpaired) electrons. The van der Waals surface area contributed by atoms with Crippen molar-refractivity contribution in [2.45, 2.75) is 6.54 Å². The highest BCUT2D eigenvalue weighted by Crippen LogP contribution is 2.21. The van der Waals surface area contributed by atoms with Gasteiger partial charge in [-0.05, 0) is 18.2 Å². The Kier molecular flexibility index (Phi) is 2.88. The molecule has 0 spiro atoms. The van der Waals surface area contributed by atoms with Crippen LogP contribution in [0.15, 0.2) is 34.8 Å². The number of aryl methyl sites for hydroxylation is 1. The summed E-state index contributed by atoms with van der Waals surface area (Å²) in [4.78, 5) is 0. The Morgan fingerprint density at radius 3 is 2.53 bits per heavy atom. The fourth-order valence-corrected chi connectivity index (χ4v) is 1.72. The zero-order valence-corrected chi connectivity index (χ0v) is 10.0. The molecule has 4 heteroatoms. The number of hydrogen-bond acceptors (Lipinski definition) is 2. The van der Waals surface area contributed by atoms with Gasteiger partial charge in [-0.3, -0.25) is 4.68 Å². The lowest BCUT2D eigenvalue weighted by molar-refractivity contribution is 0.714. The molecule has 0 saturated carbocycles. The number of hydrogen-bond donors (Lipinski definition) is 1. The average molecular weight is 266 g/mol. The van der Waals surface area contributed by atoms with E-state index in [0.29, 0.717) is 6.54 Å². The molecule has 1 heterocycles. The van der Waals surface area contributed by atoms with Gasteiger partial charge in [0.25, 0.3) is 0 Å². The summed E-state index contributed by atoms with van der Waals surface area (Å²) in [7, 11) is 1.91. The molecule has 2 N–H and O–H groups in total. The topological polar surface area (TPSA) is 43.8 Å². The van der Waals surface area contributed by atoms with Crippen molar-refractivity contribution in [3.63, 3.8) is 0 Å². The van der Waals surface area contributed by atoms with Crippen molar-refractivity contribution in [2.75, 3.05) is 0 Å². The Bertz CT molecular complexity index is 459. The van der Waals surface area contributed by atoms with Crippen LogP contribution in [0.1, 0.15) is 5.69 Å². The van der Waals surface area contributed by atoms with E-state index >= 15 is 0 Å². The highest BCUT2D eigenvalue weighted by molar-refractivity contribution is 9.10. The third kappa shape index (κ3) is 2.11. The van der Waals surface area contributed by atoms with Crippen LogP contribution in [0.25, 0.3) is 11.3 Å². The zero-order valence-electron chi connectivity index (χ0n) is 8.44. The second-order valence-corrected chi connectivity index (χ2v) is 4.27. The minimum absolute atomic E-state index is 0.514. The maximum atomic E-state index is 5.60. The Labute approximate surface area is 97.0 Å². The third-order valence-corrected chi connectivity index (χ3v) is 2.85. The number of nitrogens with two attached hydrogens (primary N) is 1. The van der Waals surface area contributed by atoms with Gasteiger partial charge in [-0.25, -0.2) is 0 Å². The maximum Gasteiger partial charge on any atom is 0.0926 e. The van der Waals surface area contributed by atoms with Gasteiger partial charge in [-0.15, -0.1) is 0 Å². The summed E-state index contributed by atoms with van der Waals surface area (Å²) in [5.74, 6) is 0. The molecule has 15 heavy (non-hydrogen) atoms. The predicted octanol–water partition coefficient (Wildman–Crippen LogP) is 2.31. The molecule has 0 unspecified atom stereocenters. The van der Waals surface area contributed by atoms with Crippen LogP contribution in [0.5, 0.6) is 0 Å². The molecule has 0 aliphatic rings. The summed E-state index contributed by atoms with van der Waals surface area (Å²) in [6.07, 6.45) is 0. The van der Waals surface area contributed by atoms with Gasteiger partial charge >= 0.3 is 0 Å². The summed E-state index contributed by atoms with van der Waals surface area (Å²) in [6.45, 7) is 0.514. The van der Waals surface area contributed by atoms with Crippen molar-refractivity contribution < 1.29 is 0 Å². The van der Waals surface area contributed by atoms with E-state index in [1.54, 1.807) is 0 Å². The van der Waals surface area contributed by atoms with Crippen LogP contribution in [0.4, 0.5) is 0 Å². The van der Waals surface area contributed by atoms with E-state index in [9.17, 15) is 0 Å². The standard InChI is InChI=1S/C11H12BrN3/c1-15-10(7-13)6-11(14-15)8-2-4-9(12)5-3-8/h2-6H,7,13H2,1H3. The van der Waals surface area contributed by atoms with Crippen molar-refractivity contribution in [1.29, 1.82) is 0 Å². The van der Waals surface area contributed by atoms with Gasteiger partial charge in [-0.1, -0.05) is 28.1 Å². The first-order valence-electron chi connectivity index (χ1n) is 4.69. The number of halogens is 1. The number of rotatable bonds is 2. The van der Waals surface area contributed by atoms with Crippen molar-refractivity contribution in [1.82, 2.24) is 9.78 Å². The van der Waals surface area contributed by atoms with Gasteiger partial charge in [0.15, 0.2) is 0 Å². The highest BCUT2D eigenvalue weighted by atomic mass is 79.9. The van der Waals surface area contributed by atoms with E-state index in [-0.39, 0.29) is 0 Å². The molecule has 1 aromatic carbocycles. The highest BCUT2D eigenvalue weighted by Gasteiger charge is 2.05. The van der Waals surface area contributed by atoms with Crippen LogP contribution in [-0.2, 0) is 13.6 Å². The van der Waals surface area contributed by atoms with E-state index in [1.165, 1.54) is 0 Å². The average Bonchev–Trinajstić information content (AvgIpc) is 2.61. The van der Waals surface area contributed by atoms with E-state index in [4.69, 9.17) is 5.73 Å². The first-order valence-corrected chi connectivity index (χ1v) is 5.49. The second kappa shape index (κ2) is 4.16. The SMILES string of the molecule is Cn1nc(-c2ccc(Br)cc2)cc1CN. The molecule has 2 rings (SSSR count). The fraction of sp³-hybridized carbons (Fsp3) is 0.182. The first-order chi connectivity index (χ1) is 7.20. The molecule has 3 nitrogen and oxygen atoms in total. The van der Waals surface area contributed by atoms with Crippen molar-refractivity contribution in [2.24, 2.45) is 12.8 Å². The van der Waals surface area contributed by atoms with Crippen molar-refractivity contribution in [3.05, 3.63) is 40.5 Å². The van der Waals surface area contributed by atoms with Gasteiger partial charge in [0.1, 0.15) is 0 Å². The van der Waals surface area contributed by atoms with Crippen LogP contribution in [0, 0.1) is 0 Å². The smallest absolute Gasteiger partial charge is 0.0926 e. The van der Waals surface area contributed by atoms with Crippen LogP contribution in [0.2, 0.25) is 0 Å². The Morgan fingerprint density at radius 1 is 1.33 bits per heavy atom. The van der Waals surface area contributed by atoms with Crippen molar-refractivity contribution in [3.8, 4) is 11.3 Å². The van der Waals surface area contributed by atoms with Crippen LogP contribution >= 0.6 is 15.9 Å². The van der Waals surface area contributed by atoms with Gasteiger partial charge in [0.05, 0.1) is 11.4 Å². The molecule has 0 atom stereocenters. The van der Waals surface area contributed by atoms with E-state index in [1.807, 2.05) is 42.1 Å². The summed E-state index contributed by atoms with van der Waals surface area (Å²) in [6, 6.07) is 10.1. The number of aromatic nitrogens is 2. The lowest BCUT2D eigenvalue weighted by Crippen LogP contribution is -2.03. The van der Waals surface area contributed by atoms with Crippen LogP contribution in [-0.4, -0.2) is 9.78 Å². The first kappa shape index (κ1) is 10.4. The fourth-order valence-electron chi connectivity index (χ4n) is 1.46. The maximum absolute atomic E-state index is 5.60. The molecular weight excluding hydrogens is 254 g/mol. The second-order valence-electron chi connectivity index (χ2n) is 3.36. The molecule has 0 bridgehead atoms. The summed E-state index contributed by atoms with van der Waals surface area (Å²) in [5, 5.41) is 4.40. The summed E-state index contributed by atoms with van der Waals surface area (Å²) in [5.41, 5.74) is 8.70. The summed E-state index contributed by atoms with van der Waals surface area (Å²) >= 11 is 3.41. The van der Waals surface area contributed by atoms with E-state index < -0.39 is 0 Å². The molecule has 1 aromatic heterocycles. The number of benzene rings is 1. The number of nitrogens with zero attached hydrogens (tertiary/aromatic N) is 2. The Morgan fingerprint density at radius 2 is 2.00 bits per heavy atom. The van der Waals surface area contributed by atoms with Crippen LogP contribution in [0.3, 0.4) is 0 Å². The van der Waals surface area contributed by atoms with Gasteiger partial charge in [0, 0.05) is 23.6 Å². The van der Waals surface area contributed by atoms with Gasteiger partial charge < -0.3 is 5.73 Å². The zero-order chi connectivity index (χ0) is 10.8. The normalized spacial score (nSPS) is 10.6. The Balaban J connectivity index is 2.41. The van der Waals surface area contributed by atoms with Gasteiger partial charge in [-0.2, -0.15) is 5.10 Å². The molecule has 0 fully saturated rings. The minimum atomic E-state index is 0.514. The molecule has 2 aromatic rings. The van der Waals surface area contributed by atoms with Gasteiger partial charge in [0.2, 0.25) is 0 Å². The minimum Gasteiger partial charge on any atom is -0.325 e. The lowest BCUT2D eigenvalue weighted by atomic mass is 10.1. The largest absolute Gasteiger partial charge is 0.325 e. The molecule has 0 aliphatic carbocycles. The molecule has 0 aliphatic heterocycles. The quantitative estimate of drug-likeness (QED) is 0.906. The molecule has 78 valence electrons. The summed E-state index contributed by atoms with van der Waals surface area (Å²) < 4.78 is 2.89. The molecule has 0 amide bonds. The van der Waals surface area contributed by atoms with Crippen LogP contribution < -0.4 is 5.73 Å². The van der Waals surface area contributed by atoms with E-state index in [2.05, 4.69) is 21.0 Å². The predicted molar refractivity (Wildman–Crippen MR) is 64.2 cm³/mol.